The van der Waals surface area contributed by atoms with E-state index in [-0.39, 0.29) is 16.8 Å². The predicted molar refractivity (Wildman–Crippen MR) is 91.0 cm³/mol. The first kappa shape index (κ1) is 16.1. The molecule has 9 heteroatoms. The van der Waals surface area contributed by atoms with Crippen molar-refractivity contribution in [3.63, 3.8) is 0 Å². The molecule has 0 atom stereocenters. The van der Waals surface area contributed by atoms with Gasteiger partial charge in [0.25, 0.3) is 9.05 Å². The van der Waals surface area contributed by atoms with Crippen molar-refractivity contribution in [2.75, 3.05) is 4.90 Å². The SMILES string of the molecule is NC1=NC2(CCCCC2)N(c2ccccc2S(=O)(=O)Cl)C(N)=N1. The van der Waals surface area contributed by atoms with Gasteiger partial charge in [0.2, 0.25) is 11.9 Å². The molecule has 2 aliphatic rings. The van der Waals surface area contributed by atoms with Crippen LogP contribution in [0.2, 0.25) is 0 Å². The zero-order valence-electron chi connectivity index (χ0n) is 12.4. The molecule has 7 nitrogen and oxygen atoms in total. The molecule has 3 rings (SSSR count). The van der Waals surface area contributed by atoms with Crippen LogP contribution in [-0.4, -0.2) is 26.0 Å². The fourth-order valence-corrected chi connectivity index (χ4v) is 4.36. The predicted octanol–water partition coefficient (Wildman–Crippen LogP) is 1.72. The molecule has 1 saturated carbocycles. The molecule has 0 bridgehead atoms. The second-order valence-corrected chi connectivity index (χ2v) is 8.26. The van der Waals surface area contributed by atoms with E-state index in [1.165, 1.54) is 6.07 Å². The van der Waals surface area contributed by atoms with Crippen LogP contribution in [0, 0.1) is 0 Å². The zero-order valence-corrected chi connectivity index (χ0v) is 14.0. The third kappa shape index (κ3) is 2.88. The van der Waals surface area contributed by atoms with Crippen molar-refractivity contribution in [1.29, 1.82) is 0 Å². The van der Waals surface area contributed by atoms with Gasteiger partial charge in [0.1, 0.15) is 10.6 Å². The molecule has 1 aromatic carbocycles. The number of aliphatic imine (C=N–C) groups is 2. The Kier molecular flexibility index (Phi) is 3.97. The molecular formula is C14H18ClN5O2S. The Morgan fingerprint density at radius 3 is 2.43 bits per heavy atom. The van der Waals surface area contributed by atoms with E-state index in [0.717, 1.165) is 32.1 Å². The van der Waals surface area contributed by atoms with Crippen molar-refractivity contribution in [3.8, 4) is 0 Å². The molecule has 1 aromatic rings. The van der Waals surface area contributed by atoms with Crippen LogP contribution in [0.4, 0.5) is 5.69 Å². The molecule has 1 aliphatic heterocycles. The van der Waals surface area contributed by atoms with Gasteiger partial charge in [0.05, 0.1) is 5.69 Å². The maximum absolute atomic E-state index is 11.9. The van der Waals surface area contributed by atoms with Gasteiger partial charge >= 0.3 is 0 Å². The summed E-state index contributed by atoms with van der Waals surface area (Å²) in [6.07, 6.45) is 4.45. The molecule has 1 spiro atoms. The number of hydrogen-bond donors (Lipinski definition) is 2. The first-order valence-corrected chi connectivity index (χ1v) is 9.68. The van der Waals surface area contributed by atoms with E-state index < -0.39 is 14.7 Å². The van der Waals surface area contributed by atoms with E-state index in [1.807, 2.05) is 0 Å². The molecule has 0 aromatic heterocycles. The molecule has 0 amide bonds. The summed E-state index contributed by atoms with van der Waals surface area (Å²) in [5, 5.41) is 0. The van der Waals surface area contributed by atoms with Crippen LogP contribution >= 0.6 is 10.7 Å². The van der Waals surface area contributed by atoms with Crippen molar-refractivity contribution in [2.24, 2.45) is 21.5 Å². The number of rotatable bonds is 2. The topological polar surface area (TPSA) is 114 Å². The van der Waals surface area contributed by atoms with E-state index in [0.29, 0.717) is 5.69 Å². The zero-order chi connectivity index (χ0) is 16.7. The molecule has 1 aliphatic carbocycles. The summed E-state index contributed by atoms with van der Waals surface area (Å²) in [7, 11) is 1.66. The van der Waals surface area contributed by atoms with Gasteiger partial charge in [-0.15, -0.1) is 0 Å². The summed E-state index contributed by atoms with van der Waals surface area (Å²) in [6.45, 7) is 0. The standard InChI is InChI=1S/C14H18ClN5O2S/c15-23(21,22)11-7-3-2-6-10(11)20-13(17)18-12(16)19-14(20)8-4-1-5-9-14/h2-3,6-7H,1,4-5,8-9H2,(H4,16,17,18,19). The summed E-state index contributed by atoms with van der Waals surface area (Å²) in [6, 6.07) is 6.45. The number of guanidine groups is 2. The molecule has 0 saturated heterocycles. The lowest BCUT2D eigenvalue weighted by Crippen LogP contribution is -2.58. The summed E-state index contributed by atoms with van der Waals surface area (Å²) in [5.41, 5.74) is 11.6. The molecule has 124 valence electrons. The molecule has 1 fully saturated rings. The molecule has 0 unspecified atom stereocenters. The van der Waals surface area contributed by atoms with Gasteiger partial charge in [0, 0.05) is 10.7 Å². The number of anilines is 1. The van der Waals surface area contributed by atoms with Gasteiger partial charge in [-0.3, -0.25) is 4.90 Å². The summed E-state index contributed by atoms with van der Waals surface area (Å²) < 4.78 is 23.9. The van der Waals surface area contributed by atoms with E-state index in [9.17, 15) is 8.42 Å². The van der Waals surface area contributed by atoms with Crippen molar-refractivity contribution < 1.29 is 8.42 Å². The number of benzene rings is 1. The second kappa shape index (κ2) is 5.68. The van der Waals surface area contributed by atoms with Crippen molar-refractivity contribution in [3.05, 3.63) is 24.3 Å². The second-order valence-electron chi connectivity index (χ2n) is 5.72. The first-order valence-electron chi connectivity index (χ1n) is 7.37. The summed E-state index contributed by atoms with van der Waals surface area (Å²) >= 11 is 0. The first-order chi connectivity index (χ1) is 10.8. The van der Waals surface area contributed by atoms with Gasteiger partial charge in [-0.05, 0) is 37.8 Å². The van der Waals surface area contributed by atoms with E-state index in [1.54, 1.807) is 23.1 Å². The highest BCUT2D eigenvalue weighted by Gasteiger charge is 2.44. The third-order valence-electron chi connectivity index (χ3n) is 4.22. The minimum atomic E-state index is -3.93. The Labute approximate surface area is 139 Å². The van der Waals surface area contributed by atoms with Crippen LogP contribution in [0.1, 0.15) is 32.1 Å². The molecule has 4 N–H and O–H groups in total. The lowest BCUT2D eigenvalue weighted by Gasteiger charge is -2.45. The van der Waals surface area contributed by atoms with Gasteiger partial charge < -0.3 is 11.5 Å². The average Bonchev–Trinajstić information content (AvgIpc) is 2.46. The molecule has 1 heterocycles. The van der Waals surface area contributed by atoms with Crippen molar-refractivity contribution in [1.82, 2.24) is 0 Å². The van der Waals surface area contributed by atoms with Crippen LogP contribution in [-0.2, 0) is 9.05 Å². The maximum Gasteiger partial charge on any atom is 0.263 e. The highest BCUT2D eigenvalue weighted by Crippen LogP contribution is 2.41. The van der Waals surface area contributed by atoms with E-state index in [4.69, 9.17) is 22.1 Å². The largest absolute Gasteiger partial charge is 0.369 e. The molecular weight excluding hydrogens is 338 g/mol. The van der Waals surface area contributed by atoms with Gasteiger partial charge in [0.15, 0.2) is 0 Å². The van der Waals surface area contributed by atoms with E-state index in [2.05, 4.69) is 9.98 Å². The van der Waals surface area contributed by atoms with Gasteiger partial charge in [-0.25, -0.2) is 13.4 Å². The molecule has 23 heavy (non-hydrogen) atoms. The minimum Gasteiger partial charge on any atom is -0.369 e. The van der Waals surface area contributed by atoms with E-state index >= 15 is 0 Å². The summed E-state index contributed by atoms with van der Waals surface area (Å²) in [5.74, 6) is 0.249. The Morgan fingerprint density at radius 2 is 1.78 bits per heavy atom. The van der Waals surface area contributed by atoms with Crippen molar-refractivity contribution >= 4 is 37.3 Å². The fourth-order valence-electron chi connectivity index (χ4n) is 3.32. The lowest BCUT2D eigenvalue weighted by atomic mass is 9.87. The molecule has 0 radical (unpaired) electrons. The van der Waals surface area contributed by atoms with Crippen LogP contribution in [0.15, 0.2) is 39.1 Å². The normalized spacial score (nSPS) is 21.0. The number of nitrogens with two attached hydrogens (primary N) is 2. The van der Waals surface area contributed by atoms with Crippen LogP contribution in [0.3, 0.4) is 0 Å². The average molecular weight is 356 g/mol. The Hall–Kier alpha value is -1.80. The third-order valence-corrected chi connectivity index (χ3v) is 5.59. The van der Waals surface area contributed by atoms with Crippen LogP contribution in [0.25, 0.3) is 0 Å². The Bertz CT molecular complexity index is 784. The van der Waals surface area contributed by atoms with Crippen LogP contribution < -0.4 is 16.4 Å². The number of nitrogens with zero attached hydrogens (tertiary/aromatic N) is 3. The number of para-hydroxylation sites is 1. The van der Waals surface area contributed by atoms with Crippen molar-refractivity contribution in [2.45, 2.75) is 42.7 Å². The lowest BCUT2D eigenvalue weighted by molar-refractivity contribution is 0.305. The highest BCUT2D eigenvalue weighted by atomic mass is 35.7. The summed E-state index contributed by atoms with van der Waals surface area (Å²) in [4.78, 5) is 10.2. The maximum atomic E-state index is 11.9. The Morgan fingerprint density at radius 1 is 1.13 bits per heavy atom. The van der Waals surface area contributed by atoms with Gasteiger partial charge in [-0.2, -0.15) is 4.99 Å². The fraction of sp³-hybridized carbons (Fsp3) is 0.429. The highest BCUT2D eigenvalue weighted by molar-refractivity contribution is 8.13. The van der Waals surface area contributed by atoms with Gasteiger partial charge in [-0.1, -0.05) is 18.6 Å². The number of halogens is 1. The minimum absolute atomic E-state index is 0.0135. The quantitative estimate of drug-likeness (QED) is 0.784. The monoisotopic (exact) mass is 355 g/mol. The Balaban J connectivity index is 2.19. The number of hydrogen-bond acceptors (Lipinski definition) is 7. The smallest absolute Gasteiger partial charge is 0.263 e. The van der Waals surface area contributed by atoms with Crippen LogP contribution in [0.5, 0.6) is 0 Å².